The molecular weight excluding hydrogens is 1300 g/mol. The number of unbranched alkanes of at least 4 members (excludes halogenated alkanes) is 10. The number of allylic oxidation sites excluding steroid dienone is 2. The first kappa shape index (κ1) is 75.5. The van der Waals surface area contributed by atoms with Crippen LogP contribution in [0.1, 0.15) is 130 Å². The number of ether oxygens (including phenoxy) is 5. The van der Waals surface area contributed by atoms with Gasteiger partial charge in [0.05, 0.1) is 71.5 Å². The zero-order valence-corrected chi connectivity index (χ0v) is 49.8. The molecule has 4 aromatic heterocycles. The van der Waals surface area contributed by atoms with E-state index in [2.05, 4.69) is 48.0 Å². The molecule has 0 saturated carbocycles. The van der Waals surface area contributed by atoms with Crippen LogP contribution in [0.2, 0.25) is 0 Å². The third-order valence-electron chi connectivity index (χ3n) is 12.4. The fraction of sp³-hybridized carbons (Fsp3) is 0.328. The number of rotatable bonds is 32. The molecule has 0 amide bonds. The number of nitrogens with zero attached hydrogens (tertiary/aromatic N) is 4. The van der Waals surface area contributed by atoms with Gasteiger partial charge in [-0.2, -0.15) is 52.7 Å². The van der Waals surface area contributed by atoms with E-state index in [9.17, 15) is 67.1 Å². The number of halogens is 12. The Morgan fingerprint density at radius 2 is 0.889 bits per heavy atom. The molecule has 0 atom stereocenters. The Labute approximate surface area is 522 Å². The Kier molecular flexibility index (Phi) is 30.8. The SMILES string of the molecule is CCCCCCCCOc1cccc(OCCCCCCCC)c1-c1cc(/C([NH-])=C/C(=N)C(F)(F)F)nc(/C([NH-])=C/C(=N)C(F)(F)F)c1.O=CO/C=C/c1cc(-c2cc(/C=C/OC=O)c(C(F)(F)F)cn2)nc(-c2cc(/C=C/OC=O)c(C(F)(F)F)cn2)c1.[Ru+2]. The fourth-order valence-corrected chi connectivity index (χ4v) is 8.04. The largest absolute Gasteiger partial charge is 2.00 e. The molecule has 0 saturated heterocycles. The first-order valence-electron chi connectivity index (χ1n) is 27.2. The summed E-state index contributed by atoms with van der Waals surface area (Å²) in [5.74, 6) is 0.674. The Morgan fingerprint density at radius 1 is 0.511 bits per heavy atom. The summed E-state index contributed by atoms with van der Waals surface area (Å²) in [6.07, 6.45) is -0.590. The molecule has 1 aromatic carbocycles. The molecular formula is C61H60F12N8O8Ru. The van der Waals surface area contributed by atoms with Crippen LogP contribution in [0.3, 0.4) is 0 Å². The number of nitrogens with one attached hydrogen (secondary N) is 4. The van der Waals surface area contributed by atoms with Gasteiger partial charge in [-0.15, -0.1) is 11.4 Å². The molecule has 0 fully saturated rings. The van der Waals surface area contributed by atoms with E-state index in [1.807, 2.05) is 0 Å². The first-order valence-corrected chi connectivity index (χ1v) is 27.2. The minimum atomic E-state index is -5.05. The second kappa shape index (κ2) is 36.7. The normalized spacial score (nSPS) is 12.3. The fourth-order valence-electron chi connectivity index (χ4n) is 8.04. The molecule has 0 aliphatic carbocycles. The molecule has 484 valence electrons. The number of carbonyl (C=O) groups excluding carboxylic acids is 3. The van der Waals surface area contributed by atoms with Gasteiger partial charge < -0.3 is 35.2 Å². The molecule has 0 aliphatic heterocycles. The predicted octanol–water partition coefficient (Wildman–Crippen LogP) is 17.8. The van der Waals surface area contributed by atoms with Crippen LogP contribution < -0.4 is 9.47 Å². The van der Waals surface area contributed by atoms with Gasteiger partial charge >= 0.3 is 44.2 Å². The van der Waals surface area contributed by atoms with E-state index in [0.717, 1.165) is 120 Å². The number of benzene rings is 1. The summed E-state index contributed by atoms with van der Waals surface area (Å²) < 4.78 is 185. The van der Waals surface area contributed by atoms with Gasteiger partial charge in [0.25, 0.3) is 19.4 Å². The van der Waals surface area contributed by atoms with Crippen LogP contribution in [0, 0.1) is 10.8 Å². The van der Waals surface area contributed by atoms with Crippen LogP contribution in [0.15, 0.2) is 97.9 Å². The van der Waals surface area contributed by atoms with Crippen molar-refractivity contribution >= 4 is 60.5 Å². The molecule has 0 radical (unpaired) electrons. The Bertz CT molecular complexity index is 3170. The van der Waals surface area contributed by atoms with E-state index in [0.29, 0.717) is 42.7 Å². The summed E-state index contributed by atoms with van der Waals surface area (Å²) in [6.45, 7) is 5.05. The zero-order chi connectivity index (χ0) is 65.8. The predicted molar refractivity (Wildman–Crippen MR) is 309 cm³/mol. The van der Waals surface area contributed by atoms with Gasteiger partial charge in [0, 0.05) is 23.8 Å². The number of aromatic nitrogens is 4. The van der Waals surface area contributed by atoms with Crippen molar-refractivity contribution in [3.63, 3.8) is 0 Å². The molecule has 16 nitrogen and oxygen atoms in total. The topological polar surface area (TPSA) is 244 Å². The summed E-state index contributed by atoms with van der Waals surface area (Å²) in [6, 6.07) is 12.2. The van der Waals surface area contributed by atoms with Crippen molar-refractivity contribution in [1.29, 1.82) is 10.8 Å². The molecule has 90 heavy (non-hydrogen) atoms. The number of carbonyl (C=O) groups is 3. The maximum Gasteiger partial charge on any atom is 2.00 e. The van der Waals surface area contributed by atoms with E-state index in [1.54, 1.807) is 18.2 Å². The second-order valence-electron chi connectivity index (χ2n) is 19.0. The summed E-state index contributed by atoms with van der Waals surface area (Å²) in [7, 11) is 0. The van der Waals surface area contributed by atoms with Crippen molar-refractivity contribution < 1.29 is 110 Å². The minimum Gasteiger partial charge on any atom is -0.697 e. The average molecular weight is 1360 g/mol. The van der Waals surface area contributed by atoms with Gasteiger partial charge in [0.1, 0.15) is 22.9 Å². The van der Waals surface area contributed by atoms with Crippen LogP contribution >= 0.6 is 0 Å². The van der Waals surface area contributed by atoms with Crippen molar-refractivity contribution in [3.05, 3.63) is 149 Å². The van der Waals surface area contributed by atoms with Crippen LogP contribution in [-0.2, 0) is 60.4 Å². The van der Waals surface area contributed by atoms with Crippen molar-refractivity contribution in [3.8, 4) is 45.4 Å². The molecule has 0 spiro atoms. The zero-order valence-electron chi connectivity index (χ0n) is 48.0. The molecule has 4 N–H and O–H groups in total. The smallest absolute Gasteiger partial charge is 0.697 e. The maximum atomic E-state index is 13.5. The van der Waals surface area contributed by atoms with E-state index < -0.39 is 81.2 Å². The van der Waals surface area contributed by atoms with Crippen molar-refractivity contribution in [2.24, 2.45) is 0 Å². The Balaban J connectivity index is 0.000000470. The quantitative estimate of drug-likeness (QED) is 0.00777. The van der Waals surface area contributed by atoms with Gasteiger partial charge in [-0.05, 0) is 114 Å². The number of hydrogen-bond acceptors (Lipinski definition) is 14. The van der Waals surface area contributed by atoms with Crippen LogP contribution in [-0.4, -0.2) is 76.3 Å². The monoisotopic (exact) mass is 1360 g/mol. The van der Waals surface area contributed by atoms with E-state index in [4.69, 9.17) is 31.8 Å². The number of alkyl halides is 12. The molecule has 0 bridgehead atoms. The average Bonchev–Trinajstić information content (AvgIpc) is 0.998. The molecule has 29 heteroatoms. The van der Waals surface area contributed by atoms with Gasteiger partial charge in [-0.3, -0.25) is 40.2 Å². The molecule has 0 aliphatic rings. The Morgan fingerprint density at radius 3 is 1.26 bits per heavy atom. The standard InChI is InChI=1S/C35H45F6N5O2.C26H15F6N3O6.Ru/c1-3-5-7-9-11-13-18-47-29-16-15-17-30(48-19-14-12-10-8-6-4-2)33(29)24-20-27(25(42)22-31(44)34(36,37)38)46-28(21-24)26(43)23-32(45)35(39,40)41;27-25(28,29)19-11-33-21(9-17(19)2-5-40-14-37)23-7-16(1-4-39-13-36)8-24(35-23)22-10-18(3-6-41-15-38)20(12-34-22)26(30,31)32;/h15-17,20-23,42-45H,3-14,18-19H2,1-2H3;1-15H;/q-2;;+2/b25-22-,26-23-,44-31?,45-32?;4-1+,5-2+,6-3+;. The molecule has 0 unspecified atom stereocenters. The summed E-state index contributed by atoms with van der Waals surface area (Å²) in [4.78, 5) is 47.3. The molecule has 4 heterocycles. The second-order valence-corrected chi connectivity index (χ2v) is 19.0. The maximum absolute atomic E-state index is 13.5. The third kappa shape index (κ3) is 24.7. The first-order chi connectivity index (χ1) is 42.2. The summed E-state index contributed by atoms with van der Waals surface area (Å²) >= 11 is 0. The van der Waals surface area contributed by atoms with E-state index in [1.165, 1.54) is 30.3 Å². The molecule has 5 aromatic rings. The van der Waals surface area contributed by atoms with Crippen molar-refractivity contribution in [2.75, 3.05) is 13.2 Å². The number of pyridine rings is 4. The van der Waals surface area contributed by atoms with Crippen molar-refractivity contribution in [2.45, 2.75) is 116 Å². The number of hydrogen-bond donors (Lipinski definition) is 2. The molecule has 5 rings (SSSR count). The van der Waals surface area contributed by atoms with Crippen LogP contribution in [0.5, 0.6) is 11.5 Å². The van der Waals surface area contributed by atoms with Gasteiger partial charge in [-0.25, -0.2) is 4.98 Å². The third-order valence-corrected chi connectivity index (χ3v) is 12.4. The van der Waals surface area contributed by atoms with E-state index in [-0.39, 0.29) is 84.9 Å². The Hall–Kier alpha value is -8.75. The van der Waals surface area contributed by atoms with E-state index >= 15 is 0 Å². The summed E-state index contributed by atoms with van der Waals surface area (Å²) in [5, 5.41) is 14.6. The van der Waals surface area contributed by atoms with Crippen LogP contribution in [0.4, 0.5) is 52.7 Å². The minimum absolute atomic E-state index is 0. The van der Waals surface area contributed by atoms with Crippen LogP contribution in [0.25, 0.3) is 75.0 Å². The summed E-state index contributed by atoms with van der Waals surface area (Å²) in [5.41, 5.74) is 7.59. The van der Waals surface area contributed by atoms with Gasteiger partial charge in [0.2, 0.25) is 0 Å². The van der Waals surface area contributed by atoms with Gasteiger partial charge in [0.15, 0.2) is 0 Å². The van der Waals surface area contributed by atoms with Gasteiger partial charge in [-0.1, -0.05) is 84.1 Å². The van der Waals surface area contributed by atoms with Crippen molar-refractivity contribution in [1.82, 2.24) is 19.9 Å².